The lowest BCUT2D eigenvalue weighted by Crippen LogP contribution is -2.42. The van der Waals surface area contributed by atoms with Gasteiger partial charge < -0.3 is 20.5 Å². The van der Waals surface area contributed by atoms with Crippen LogP contribution in [0.4, 0.5) is 10.5 Å². The molecule has 0 saturated carbocycles. The molecule has 0 radical (unpaired) electrons. The first-order valence-electron chi connectivity index (χ1n) is 6.45. The number of benzene rings is 1. The number of hydrogen-bond donors (Lipinski definition) is 3. The van der Waals surface area contributed by atoms with Crippen molar-refractivity contribution in [3.63, 3.8) is 0 Å². The third-order valence-corrected chi connectivity index (χ3v) is 2.85. The first-order valence-corrected chi connectivity index (χ1v) is 6.45. The summed E-state index contributed by atoms with van der Waals surface area (Å²) >= 11 is 0. The van der Waals surface area contributed by atoms with E-state index in [9.17, 15) is 9.59 Å². The maximum atomic E-state index is 11.8. The molecular formula is C14H20N2O4. The number of nitrogens with one attached hydrogen (secondary N) is 2. The minimum atomic E-state index is -1.05. The molecule has 0 spiro atoms. The van der Waals surface area contributed by atoms with Crippen molar-refractivity contribution >= 4 is 17.7 Å². The van der Waals surface area contributed by atoms with Gasteiger partial charge in [0.1, 0.15) is 6.04 Å². The summed E-state index contributed by atoms with van der Waals surface area (Å²) in [5, 5.41) is 14.0. The molecule has 6 nitrogen and oxygen atoms in total. The average molecular weight is 280 g/mol. The van der Waals surface area contributed by atoms with Gasteiger partial charge in [0.15, 0.2) is 0 Å². The maximum Gasteiger partial charge on any atom is 0.326 e. The first kappa shape index (κ1) is 16.0. The Morgan fingerprint density at radius 1 is 1.35 bits per heavy atom. The number of para-hydroxylation sites is 1. The van der Waals surface area contributed by atoms with Crippen LogP contribution in [0.15, 0.2) is 24.3 Å². The fourth-order valence-electron chi connectivity index (χ4n) is 1.73. The molecule has 0 aliphatic rings. The standard InChI is InChI=1S/C14H20N2O4/c1-3-11(13(17)18)15-14(19)16-12-7-5-4-6-10(12)8-9-20-2/h4-7,11H,3,8-9H2,1-2H3,(H,17,18)(H2,15,16,19)/t11-/m0/s1. The Hall–Kier alpha value is -2.08. The molecule has 0 aliphatic heterocycles. The molecule has 0 saturated heterocycles. The topological polar surface area (TPSA) is 87.7 Å². The van der Waals surface area contributed by atoms with Gasteiger partial charge in [-0.05, 0) is 24.5 Å². The third kappa shape index (κ3) is 4.89. The largest absolute Gasteiger partial charge is 0.480 e. The molecule has 0 aromatic heterocycles. The zero-order valence-corrected chi connectivity index (χ0v) is 11.7. The summed E-state index contributed by atoms with van der Waals surface area (Å²) < 4.78 is 5.01. The van der Waals surface area contributed by atoms with Gasteiger partial charge >= 0.3 is 12.0 Å². The Morgan fingerprint density at radius 2 is 2.05 bits per heavy atom. The number of hydrogen-bond acceptors (Lipinski definition) is 3. The van der Waals surface area contributed by atoms with Crippen LogP contribution >= 0.6 is 0 Å². The zero-order valence-electron chi connectivity index (χ0n) is 11.7. The van der Waals surface area contributed by atoms with Crippen LogP contribution in [0.1, 0.15) is 18.9 Å². The van der Waals surface area contributed by atoms with Crippen molar-refractivity contribution in [2.45, 2.75) is 25.8 Å². The van der Waals surface area contributed by atoms with E-state index in [-0.39, 0.29) is 0 Å². The molecule has 1 atom stereocenters. The molecule has 0 fully saturated rings. The summed E-state index contributed by atoms with van der Waals surface area (Å²) in [5.74, 6) is -1.05. The highest BCUT2D eigenvalue weighted by Gasteiger charge is 2.17. The summed E-state index contributed by atoms with van der Waals surface area (Å²) in [6.07, 6.45) is 0.997. The number of urea groups is 1. The van der Waals surface area contributed by atoms with Crippen molar-refractivity contribution in [3.8, 4) is 0 Å². The van der Waals surface area contributed by atoms with Crippen molar-refractivity contribution in [1.82, 2.24) is 5.32 Å². The second-order valence-electron chi connectivity index (χ2n) is 4.30. The number of anilines is 1. The Bertz CT molecular complexity index is 462. The molecule has 0 aliphatic carbocycles. The number of ether oxygens (including phenoxy) is 1. The predicted octanol–water partition coefficient (Wildman–Crippen LogP) is 1.86. The zero-order chi connectivity index (χ0) is 15.0. The van der Waals surface area contributed by atoms with Crippen LogP contribution in [0.5, 0.6) is 0 Å². The highest BCUT2D eigenvalue weighted by Crippen LogP contribution is 2.15. The fourth-order valence-corrected chi connectivity index (χ4v) is 1.73. The summed E-state index contributed by atoms with van der Waals surface area (Å²) in [7, 11) is 1.61. The van der Waals surface area contributed by atoms with E-state index in [4.69, 9.17) is 9.84 Å². The van der Waals surface area contributed by atoms with Gasteiger partial charge in [-0.3, -0.25) is 0 Å². The van der Waals surface area contributed by atoms with Gasteiger partial charge in [0.05, 0.1) is 6.61 Å². The molecule has 110 valence electrons. The second kappa shape index (κ2) is 8.16. The fraction of sp³-hybridized carbons (Fsp3) is 0.429. The number of carbonyl (C=O) groups excluding carboxylic acids is 1. The summed E-state index contributed by atoms with van der Waals surface area (Å²) in [6, 6.07) is 5.93. The van der Waals surface area contributed by atoms with Gasteiger partial charge in [-0.15, -0.1) is 0 Å². The van der Waals surface area contributed by atoms with Crippen LogP contribution in [0, 0.1) is 0 Å². The number of carbonyl (C=O) groups is 2. The van der Waals surface area contributed by atoms with Crippen molar-refractivity contribution in [1.29, 1.82) is 0 Å². The van der Waals surface area contributed by atoms with Crippen LogP contribution in [-0.2, 0) is 16.0 Å². The third-order valence-electron chi connectivity index (χ3n) is 2.85. The first-order chi connectivity index (χ1) is 9.58. The molecule has 20 heavy (non-hydrogen) atoms. The normalized spacial score (nSPS) is 11.7. The van der Waals surface area contributed by atoms with Gasteiger partial charge in [0.2, 0.25) is 0 Å². The van der Waals surface area contributed by atoms with E-state index in [0.717, 1.165) is 5.56 Å². The lowest BCUT2D eigenvalue weighted by atomic mass is 10.1. The van der Waals surface area contributed by atoms with E-state index in [0.29, 0.717) is 25.1 Å². The van der Waals surface area contributed by atoms with E-state index >= 15 is 0 Å². The van der Waals surface area contributed by atoms with Crippen molar-refractivity contribution in [2.75, 3.05) is 19.0 Å². The second-order valence-corrected chi connectivity index (χ2v) is 4.30. The number of rotatable bonds is 7. The number of methoxy groups -OCH3 is 1. The van der Waals surface area contributed by atoms with E-state index in [1.54, 1.807) is 26.2 Å². The van der Waals surface area contributed by atoms with Gasteiger partial charge in [0.25, 0.3) is 0 Å². The van der Waals surface area contributed by atoms with E-state index in [1.807, 2.05) is 12.1 Å². The summed E-state index contributed by atoms with van der Waals surface area (Å²) in [4.78, 5) is 22.7. The minimum Gasteiger partial charge on any atom is -0.480 e. The van der Waals surface area contributed by atoms with Crippen molar-refractivity contribution < 1.29 is 19.4 Å². The molecule has 1 rings (SSSR count). The Kier molecular flexibility index (Phi) is 6.52. The highest BCUT2D eigenvalue weighted by atomic mass is 16.5. The number of amides is 2. The summed E-state index contributed by atoms with van der Waals surface area (Å²) in [6.45, 7) is 2.25. The van der Waals surface area contributed by atoms with Gasteiger partial charge in [0, 0.05) is 12.8 Å². The average Bonchev–Trinajstić information content (AvgIpc) is 2.43. The number of carboxylic acids is 1. The minimum absolute atomic E-state index is 0.327. The quantitative estimate of drug-likeness (QED) is 0.711. The Labute approximate surface area is 118 Å². The van der Waals surface area contributed by atoms with Crippen LogP contribution in [0.3, 0.4) is 0 Å². The lowest BCUT2D eigenvalue weighted by Gasteiger charge is -2.15. The molecular weight excluding hydrogens is 260 g/mol. The smallest absolute Gasteiger partial charge is 0.326 e. The number of carboxylic acid groups (broad SMARTS) is 1. The summed E-state index contributed by atoms with van der Waals surface area (Å²) in [5.41, 5.74) is 1.59. The molecule has 2 amide bonds. The van der Waals surface area contributed by atoms with Gasteiger partial charge in [-0.25, -0.2) is 9.59 Å². The molecule has 1 aromatic carbocycles. The van der Waals surface area contributed by atoms with Gasteiger partial charge in [-0.1, -0.05) is 25.1 Å². The monoisotopic (exact) mass is 280 g/mol. The van der Waals surface area contributed by atoms with Gasteiger partial charge in [-0.2, -0.15) is 0 Å². The van der Waals surface area contributed by atoms with Crippen LogP contribution in [0.25, 0.3) is 0 Å². The predicted molar refractivity (Wildman–Crippen MR) is 75.9 cm³/mol. The molecule has 0 heterocycles. The molecule has 3 N–H and O–H groups in total. The molecule has 6 heteroatoms. The van der Waals surface area contributed by atoms with Crippen LogP contribution in [0.2, 0.25) is 0 Å². The maximum absolute atomic E-state index is 11.8. The molecule has 1 aromatic rings. The van der Waals surface area contributed by atoms with E-state index < -0.39 is 18.0 Å². The van der Waals surface area contributed by atoms with E-state index in [1.165, 1.54) is 0 Å². The molecule has 0 bridgehead atoms. The lowest BCUT2D eigenvalue weighted by molar-refractivity contribution is -0.139. The highest BCUT2D eigenvalue weighted by molar-refractivity contribution is 5.92. The van der Waals surface area contributed by atoms with Crippen LogP contribution < -0.4 is 10.6 Å². The molecule has 0 unspecified atom stereocenters. The number of aliphatic carboxylic acids is 1. The Balaban J connectivity index is 2.67. The van der Waals surface area contributed by atoms with Crippen molar-refractivity contribution in [2.24, 2.45) is 0 Å². The Morgan fingerprint density at radius 3 is 2.65 bits per heavy atom. The SMILES string of the molecule is CC[C@H](NC(=O)Nc1ccccc1CCOC)C(=O)O. The van der Waals surface area contributed by atoms with Crippen molar-refractivity contribution in [3.05, 3.63) is 29.8 Å². The van der Waals surface area contributed by atoms with Crippen LogP contribution in [-0.4, -0.2) is 36.9 Å². The van der Waals surface area contributed by atoms with E-state index in [2.05, 4.69) is 10.6 Å².